The van der Waals surface area contributed by atoms with Crippen molar-refractivity contribution in [3.05, 3.63) is 5.01 Å². The molecule has 1 saturated heterocycles. The van der Waals surface area contributed by atoms with E-state index >= 15 is 0 Å². The Bertz CT molecular complexity index is 402. The molecule has 0 saturated carbocycles. The van der Waals surface area contributed by atoms with Gasteiger partial charge < -0.3 is 10.5 Å². The highest BCUT2D eigenvalue weighted by Gasteiger charge is 2.26. The second kappa shape index (κ2) is 6.10. The molecule has 0 spiro atoms. The van der Waals surface area contributed by atoms with Gasteiger partial charge in [-0.25, -0.2) is 0 Å². The Morgan fingerprint density at radius 2 is 2.22 bits per heavy atom. The molecule has 0 unspecified atom stereocenters. The third-order valence-electron chi connectivity index (χ3n) is 3.05. The molecule has 1 aliphatic rings. The number of carbonyl (C=O) groups excluding carboxylic acids is 1. The maximum absolute atomic E-state index is 11.6. The molecule has 100 valence electrons. The second-order valence-electron chi connectivity index (χ2n) is 4.34. The van der Waals surface area contributed by atoms with Crippen LogP contribution in [0.15, 0.2) is 0 Å². The number of hydrogen-bond donors (Lipinski definition) is 1. The summed E-state index contributed by atoms with van der Waals surface area (Å²) in [5, 5.41) is 9.24. The van der Waals surface area contributed by atoms with Gasteiger partial charge in [-0.1, -0.05) is 11.3 Å². The van der Waals surface area contributed by atoms with Gasteiger partial charge in [0.05, 0.1) is 19.1 Å². The minimum absolute atomic E-state index is 0.0562. The van der Waals surface area contributed by atoms with Crippen molar-refractivity contribution in [2.24, 2.45) is 5.92 Å². The minimum atomic E-state index is -0.0580. The molecule has 0 aliphatic carbocycles. The second-order valence-corrected chi connectivity index (χ2v) is 5.43. The molecule has 1 aromatic heterocycles. The van der Waals surface area contributed by atoms with Crippen LogP contribution in [-0.2, 0) is 16.1 Å². The maximum Gasteiger partial charge on any atom is 0.309 e. The number of ether oxygens (including phenoxy) is 1. The van der Waals surface area contributed by atoms with E-state index in [-0.39, 0.29) is 11.9 Å². The summed E-state index contributed by atoms with van der Waals surface area (Å²) in [6.45, 7) is 4.85. The summed E-state index contributed by atoms with van der Waals surface area (Å²) >= 11 is 1.42. The van der Waals surface area contributed by atoms with Gasteiger partial charge in [0.25, 0.3) is 0 Å². The van der Waals surface area contributed by atoms with E-state index in [4.69, 9.17) is 10.5 Å². The molecule has 6 nitrogen and oxygen atoms in total. The zero-order valence-electron chi connectivity index (χ0n) is 10.5. The van der Waals surface area contributed by atoms with Crippen LogP contribution in [0.25, 0.3) is 0 Å². The number of anilines is 1. The predicted molar refractivity (Wildman–Crippen MR) is 69.0 cm³/mol. The highest BCUT2D eigenvalue weighted by molar-refractivity contribution is 7.15. The lowest BCUT2D eigenvalue weighted by Gasteiger charge is -2.29. The van der Waals surface area contributed by atoms with Crippen molar-refractivity contribution in [2.45, 2.75) is 26.3 Å². The van der Waals surface area contributed by atoms with Crippen LogP contribution < -0.4 is 5.73 Å². The van der Waals surface area contributed by atoms with Gasteiger partial charge in [0.15, 0.2) is 0 Å². The van der Waals surface area contributed by atoms with Crippen molar-refractivity contribution in [1.29, 1.82) is 0 Å². The average Bonchev–Trinajstić information content (AvgIpc) is 2.76. The third-order valence-corrected chi connectivity index (χ3v) is 3.79. The number of likely N-dealkylation sites (tertiary alicyclic amines) is 1. The number of nitrogens with two attached hydrogens (primary N) is 1. The van der Waals surface area contributed by atoms with Crippen molar-refractivity contribution >= 4 is 22.4 Å². The lowest BCUT2D eigenvalue weighted by molar-refractivity contribution is -0.149. The largest absolute Gasteiger partial charge is 0.466 e. The van der Waals surface area contributed by atoms with Gasteiger partial charge in [-0.15, -0.1) is 10.2 Å². The van der Waals surface area contributed by atoms with Crippen molar-refractivity contribution < 1.29 is 9.53 Å². The van der Waals surface area contributed by atoms with Gasteiger partial charge in [0, 0.05) is 0 Å². The highest BCUT2D eigenvalue weighted by Crippen LogP contribution is 2.21. The van der Waals surface area contributed by atoms with E-state index in [1.165, 1.54) is 11.3 Å². The van der Waals surface area contributed by atoms with E-state index in [0.29, 0.717) is 11.7 Å². The van der Waals surface area contributed by atoms with Crippen LogP contribution in [0.4, 0.5) is 5.13 Å². The number of carbonyl (C=O) groups is 1. The molecular formula is C11H18N4O2S. The SMILES string of the molecule is CCOC(=O)C1CCN(Cc2nnc(N)s2)CC1. The number of hydrogen-bond acceptors (Lipinski definition) is 7. The number of rotatable bonds is 4. The van der Waals surface area contributed by atoms with Gasteiger partial charge >= 0.3 is 5.97 Å². The summed E-state index contributed by atoms with van der Waals surface area (Å²) < 4.78 is 5.04. The molecule has 18 heavy (non-hydrogen) atoms. The van der Waals surface area contributed by atoms with Crippen molar-refractivity contribution in [3.8, 4) is 0 Å². The van der Waals surface area contributed by atoms with Crippen LogP contribution in [0.1, 0.15) is 24.8 Å². The fourth-order valence-corrected chi connectivity index (χ4v) is 2.76. The summed E-state index contributed by atoms with van der Waals surface area (Å²) in [4.78, 5) is 13.9. The summed E-state index contributed by atoms with van der Waals surface area (Å²) in [7, 11) is 0. The molecule has 0 aromatic carbocycles. The zero-order chi connectivity index (χ0) is 13.0. The predicted octanol–water partition coefficient (Wildman–Crippen LogP) is 0.895. The van der Waals surface area contributed by atoms with Crippen molar-refractivity contribution in [3.63, 3.8) is 0 Å². The van der Waals surface area contributed by atoms with Gasteiger partial charge in [0.2, 0.25) is 5.13 Å². The van der Waals surface area contributed by atoms with Crippen LogP contribution in [0.5, 0.6) is 0 Å². The first-order valence-electron chi connectivity index (χ1n) is 6.16. The molecule has 2 N–H and O–H groups in total. The monoisotopic (exact) mass is 270 g/mol. The smallest absolute Gasteiger partial charge is 0.309 e. The van der Waals surface area contributed by atoms with Crippen molar-refractivity contribution in [2.75, 3.05) is 25.4 Å². The Morgan fingerprint density at radius 1 is 1.50 bits per heavy atom. The lowest BCUT2D eigenvalue weighted by Crippen LogP contribution is -2.36. The Balaban J connectivity index is 1.78. The van der Waals surface area contributed by atoms with E-state index in [1.54, 1.807) is 0 Å². The molecule has 7 heteroatoms. The van der Waals surface area contributed by atoms with Gasteiger partial charge in [-0.2, -0.15) is 0 Å². The van der Waals surface area contributed by atoms with Crippen LogP contribution in [0.3, 0.4) is 0 Å². The molecule has 2 rings (SSSR count). The van der Waals surface area contributed by atoms with Gasteiger partial charge in [-0.05, 0) is 32.9 Å². The Hall–Kier alpha value is -1.21. The molecule has 0 radical (unpaired) electrons. The zero-order valence-corrected chi connectivity index (χ0v) is 11.3. The number of nitrogen functional groups attached to an aromatic ring is 1. The first-order chi connectivity index (χ1) is 8.69. The lowest BCUT2D eigenvalue weighted by atomic mass is 9.97. The van der Waals surface area contributed by atoms with Gasteiger partial charge in [-0.3, -0.25) is 9.69 Å². The fraction of sp³-hybridized carbons (Fsp3) is 0.727. The standard InChI is InChI=1S/C11H18N4O2S/c1-2-17-10(16)8-3-5-15(6-4-8)7-9-13-14-11(12)18-9/h8H,2-7H2,1H3,(H2,12,14). The van der Waals surface area contributed by atoms with E-state index in [2.05, 4.69) is 15.1 Å². The molecular weight excluding hydrogens is 252 g/mol. The number of nitrogens with zero attached hydrogens (tertiary/aromatic N) is 3. The molecule has 1 aliphatic heterocycles. The van der Waals surface area contributed by atoms with Crippen LogP contribution >= 0.6 is 11.3 Å². The highest BCUT2D eigenvalue weighted by atomic mass is 32.1. The summed E-state index contributed by atoms with van der Waals surface area (Å²) in [5.74, 6) is -0.00185. The quantitative estimate of drug-likeness (QED) is 0.818. The number of esters is 1. The molecule has 0 atom stereocenters. The fourth-order valence-electron chi connectivity index (χ4n) is 2.11. The van der Waals surface area contributed by atoms with Crippen molar-refractivity contribution in [1.82, 2.24) is 15.1 Å². The minimum Gasteiger partial charge on any atom is -0.466 e. The third kappa shape index (κ3) is 3.39. The van der Waals surface area contributed by atoms with Gasteiger partial charge in [0.1, 0.15) is 5.01 Å². The Labute approximate surface area is 110 Å². The summed E-state index contributed by atoms with van der Waals surface area (Å²) in [5.41, 5.74) is 5.54. The molecule has 0 amide bonds. The van der Waals surface area contributed by atoms with E-state index in [1.807, 2.05) is 6.92 Å². The number of piperidine rings is 1. The maximum atomic E-state index is 11.6. The Kier molecular flexibility index (Phi) is 4.48. The average molecular weight is 270 g/mol. The first-order valence-corrected chi connectivity index (χ1v) is 6.97. The van der Waals surface area contributed by atoms with E-state index < -0.39 is 0 Å². The normalized spacial score (nSPS) is 17.8. The molecule has 1 aromatic rings. The summed E-state index contributed by atoms with van der Waals surface area (Å²) in [6, 6.07) is 0. The molecule has 1 fully saturated rings. The molecule has 2 heterocycles. The molecule has 0 bridgehead atoms. The van der Waals surface area contributed by atoms with Crippen LogP contribution in [-0.4, -0.2) is 40.8 Å². The van der Waals surface area contributed by atoms with E-state index in [9.17, 15) is 4.79 Å². The number of aromatic nitrogens is 2. The summed E-state index contributed by atoms with van der Waals surface area (Å²) in [6.07, 6.45) is 1.71. The van der Waals surface area contributed by atoms with Crippen LogP contribution in [0.2, 0.25) is 0 Å². The van der Waals surface area contributed by atoms with E-state index in [0.717, 1.165) is 37.5 Å². The Morgan fingerprint density at radius 3 is 2.78 bits per heavy atom. The first kappa shape index (κ1) is 13.2. The van der Waals surface area contributed by atoms with Crippen LogP contribution in [0, 0.1) is 5.92 Å². The topological polar surface area (TPSA) is 81.3 Å².